The first-order valence-corrected chi connectivity index (χ1v) is 3.12. The Morgan fingerprint density at radius 3 is 2.17 bits per heavy atom. The van der Waals surface area contributed by atoms with Crippen LogP contribution in [-0.4, -0.2) is 7.11 Å². The molecule has 1 rings (SSSR count). The van der Waals surface area contributed by atoms with E-state index in [0.29, 0.717) is 0 Å². The summed E-state index contributed by atoms with van der Waals surface area (Å²) < 4.78 is 30.0. The van der Waals surface area contributed by atoms with Crippen LogP contribution in [0, 0.1) is 23.0 Å². The molecule has 4 heteroatoms. The van der Waals surface area contributed by atoms with Gasteiger partial charge in [0.15, 0.2) is 17.4 Å². The summed E-state index contributed by atoms with van der Waals surface area (Å²) in [6, 6.07) is 3.46. The molecule has 12 heavy (non-hydrogen) atoms. The second kappa shape index (κ2) is 3.18. The van der Waals surface area contributed by atoms with Gasteiger partial charge in [-0.25, -0.2) is 8.78 Å². The Bertz CT molecular complexity index is 320. The summed E-state index contributed by atoms with van der Waals surface area (Å²) in [5.74, 6) is -2.20. The minimum Gasteiger partial charge on any atom is -0.491 e. The SMILES string of the molecule is COc1c(F)cc(C#N)cc1F. The van der Waals surface area contributed by atoms with Crippen LogP contribution in [0.2, 0.25) is 0 Å². The quantitative estimate of drug-likeness (QED) is 0.642. The van der Waals surface area contributed by atoms with Crippen molar-refractivity contribution in [2.75, 3.05) is 7.11 Å². The van der Waals surface area contributed by atoms with E-state index in [4.69, 9.17) is 5.26 Å². The van der Waals surface area contributed by atoms with Crippen LogP contribution in [0.5, 0.6) is 5.75 Å². The summed E-state index contributed by atoms with van der Waals surface area (Å²) in [5, 5.41) is 8.33. The second-order valence-corrected chi connectivity index (χ2v) is 2.08. The number of halogens is 2. The molecule has 0 unspecified atom stereocenters. The molecule has 0 saturated carbocycles. The summed E-state index contributed by atoms with van der Waals surface area (Å²) in [6.45, 7) is 0. The second-order valence-electron chi connectivity index (χ2n) is 2.08. The average Bonchev–Trinajstić information content (AvgIpc) is 2.03. The van der Waals surface area contributed by atoms with Crippen LogP contribution in [0.3, 0.4) is 0 Å². The fraction of sp³-hybridized carbons (Fsp3) is 0.125. The van der Waals surface area contributed by atoms with Gasteiger partial charge >= 0.3 is 0 Å². The molecule has 0 fully saturated rings. The third-order valence-electron chi connectivity index (χ3n) is 1.33. The van der Waals surface area contributed by atoms with Crippen molar-refractivity contribution in [2.45, 2.75) is 0 Å². The number of hydrogen-bond acceptors (Lipinski definition) is 2. The lowest BCUT2D eigenvalue weighted by atomic mass is 10.2. The minimum atomic E-state index is -0.867. The van der Waals surface area contributed by atoms with E-state index in [1.807, 2.05) is 0 Å². The number of methoxy groups -OCH3 is 1. The molecule has 0 bridgehead atoms. The fourth-order valence-corrected chi connectivity index (χ4v) is 0.819. The van der Waals surface area contributed by atoms with E-state index in [9.17, 15) is 8.78 Å². The highest BCUT2D eigenvalue weighted by Crippen LogP contribution is 2.22. The predicted molar refractivity (Wildman–Crippen MR) is 37.6 cm³/mol. The Morgan fingerprint density at radius 2 is 1.83 bits per heavy atom. The van der Waals surface area contributed by atoms with Crippen molar-refractivity contribution < 1.29 is 13.5 Å². The zero-order valence-electron chi connectivity index (χ0n) is 6.27. The van der Waals surface area contributed by atoms with Crippen molar-refractivity contribution in [1.82, 2.24) is 0 Å². The Labute approximate surface area is 68.0 Å². The van der Waals surface area contributed by atoms with Crippen molar-refractivity contribution in [3.63, 3.8) is 0 Å². The number of nitrogens with zero attached hydrogens (tertiary/aromatic N) is 1. The molecule has 0 aliphatic heterocycles. The average molecular weight is 169 g/mol. The van der Waals surface area contributed by atoms with Crippen molar-refractivity contribution in [1.29, 1.82) is 5.26 Å². The van der Waals surface area contributed by atoms with Gasteiger partial charge in [-0.15, -0.1) is 0 Å². The summed E-state index contributed by atoms with van der Waals surface area (Å²) in [6.07, 6.45) is 0. The summed E-state index contributed by atoms with van der Waals surface area (Å²) in [7, 11) is 1.16. The molecule has 0 saturated heterocycles. The number of nitriles is 1. The molecule has 0 aliphatic carbocycles. The van der Waals surface area contributed by atoms with Gasteiger partial charge in [0.05, 0.1) is 18.7 Å². The monoisotopic (exact) mass is 169 g/mol. The van der Waals surface area contributed by atoms with Crippen molar-refractivity contribution in [3.05, 3.63) is 29.3 Å². The molecule has 2 nitrogen and oxygen atoms in total. The lowest BCUT2D eigenvalue weighted by Gasteiger charge is -2.02. The van der Waals surface area contributed by atoms with Gasteiger partial charge in [0.25, 0.3) is 0 Å². The van der Waals surface area contributed by atoms with Gasteiger partial charge in [-0.05, 0) is 12.1 Å². The lowest BCUT2D eigenvalue weighted by Crippen LogP contribution is -1.93. The largest absolute Gasteiger partial charge is 0.491 e. The van der Waals surface area contributed by atoms with Crippen LogP contribution in [0.25, 0.3) is 0 Å². The zero-order valence-corrected chi connectivity index (χ0v) is 6.27. The number of benzene rings is 1. The molecule has 1 aromatic carbocycles. The standard InChI is InChI=1S/C8H5F2NO/c1-12-8-6(9)2-5(4-11)3-7(8)10/h2-3H,1H3. The molecule has 0 atom stereocenters. The van der Waals surface area contributed by atoms with E-state index >= 15 is 0 Å². The molecule has 0 aliphatic rings. The smallest absolute Gasteiger partial charge is 0.190 e. The molecule has 0 N–H and O–H groups in total. The van der Waals surface area contributed by atoms with Crippen molar-refractivity contribution >= 4 is 0 Å². The van der Waals surface area contributed by atoms with Gasteiger partial charge in [0.1, 0.15) is 0 Å². The molecule has 0 aromatic heterocycles. The van der Waals surface area contributed by atoms with Crippen LogP contribution in [0.1, 0.15) is 5.56 Å². The molecule has 0 spiro atoms. The molecule has 1 aromatic rings. The predicted octanol–water partition coefficient (Wildman–Crippen LogP) is 1.85. The Balaban J connectivity index is 3.30. The zero-order chi connectivity index (χ0) is 9.14. The first-order chi connectivity index (χ1) is 5.69. The number of ether oxygens (including phenoxy) is 1. The molecule has 0 heterocycles. The molecule has 62 valence electrons. The van der Waals surface area contributed by atoms with Gasteiger partial charge in [0.2, 0.25) is 0 Å². The van der Waals surface area contributed by atoms with Gasteiger partial charge in [0, 0.05) is 0 Å². The van der Waals surface area contributed by atoms with Gasteiger partial charge in [-0.3, -0.25) is 0 Å². The number of hydrogen-bond donors (Lipinski definition) is 0. The topological polar surface area (TPSA) is 33.0 Å². The lowest BCUT2D eigenvalue weighted by molar-refractivity contribution is 0.359. The molecular formula is C8H5F2NO. The summed E-state index contributed by atoms with van der Waals surface area (Å²) in [5.41, 5.74) is -0.0641. The molecule has 0 amide bonds. The van der Waals surface area contributed by atoms with Crippen LogP contribution >= 0.6 is 0 Å². The van der Waals surface area contributed by atoms with Crippen LogP contribution < -0.4 is 4.74 Å². The Kier molecular flexibility index (Phi) is 2.24. The highest BCUT2D eigenvalue weighted by atomic mass is 19.1. The van der Waals surface area contributed by atoms with Crippen LogP contribution in [0.15, 0.2) is 12.1 Å². The van der Waals surface area contributed by atoms with E-state index in [2.05, 4.69) is 4.74 Å². The Hall–Kier alpha value is -1.63. The maximum absolute atomic E-state index is 12.8. The number of rotatable bonds is 1. The van der Waals surface area contributed by atoms with Gasteiger partial charge < -0.3 is 4.74 Å². The fourth-order valence-electron chi connectivity index (χ4n) is 0.819. The van der Waals surface area contributed by atoms with E-state index in [1.54, 1.807) is 6.07 Å². The molecular weight excluding hydrogens is 164 g/mol. The summed E-state index contributed by atoms with van der Waals surface area (Å²) >= 11 is 0. The van der Waals surface area contributed by atoms with E-state index < -0.39 is 17.4 Å². The van der Waals surface area contributed by atoms with Gasteiger partial charge in [-0.2, -0.15) is 5.26 Å². The maximum atomic E-state index is 12.8. The first-order valence-electron chi connectivity index (χ1n) is 3.12. The normalized spacial score (nSPS) is 9.17. The van der Waals surface area contributed by atoms with Crippen molar-refractivity contribution in [3.8, 4) is 11.8 Å². The van der Waals surface area contributed by atoms with Crippen LogP contribution in [-0.2, 0) is 0 Å². The highest BCUT2D eigenvalue weighted by Gasteiger charge is 2.10. The highest BCUT2D eigenvalue weighted by molar-refractivity contribution is 5.37. The molecule has 0 radical (unpaired) electrons. The third kappa shape index (κ3) is 1.35. The van der Waals surface area contributed by atoms with E-state index in [0.717, 1.165) is 19.2 Å². The van der Waals surface area contributed by atoms with E-state index in [-0.39, 0.29) is 5.56 Å². The summed E-state index contributed by atoms with van der Waals surface area (Å²) in [4.78, 5) is 0. The van der Waals surface area contributed by atoms with E-state index in [1.165, 1.54) is 0 Å². The minimum absolute atomic E-state index is 0.0641. The van der Waals surface area contributed by atoms with Crippen molar-refractivity contribution in [2.24, 2.45) is 0 Å². The third-order valence-corrected chi connectivity index (χ3v) is 1.33. The van der Waals surface area contributed by atoms with Crippen LogP contribution in [0.4, 0.5) is 8.78 Å². The maximum Gasteiger partial charge on any atom is 0.190 e. The van der Waals surface area contributed by atoms with Gasteiger partial charge in [-0.1, -0.05) is 0 Å². The first kappa shape index (κ1) is 8.47. The Morgan fingerprint density at radius 1 is 1.33 bits per heavy atom.